The highest BCUT2D eigenvalue weighted by atomic mass is 32.2. The van der Waals surface area contributed by atoms with Gasteiger partial charge < -0.3 is 10.2 Å². The van der Waals surface area contributed by atoms with Crippen LogP contribution in [0, 0.1) is 11.8 Å². The summed E-state index contributed by atoms with van der Waals surface area (Å²) < 4.78 is 24.6. The number of carbonyl (C=O) groups is 1. The zero-order valence-electron chi connectivity index (χ0n) is 14.5. The van der Waals surface area contributed by atoms with Crippen LogP contribution in [0.5, 0.6) is 0 Å². The molecule has 2 rings (SSSR count). The highest BCUT2D eigenvalue weighted by Crippen LogP contribution is 2.19. The first-order valence-corrected chi connectivity index (χ1v) is 10.7. The quantitative estimate of drug-likeness (QED) is 0.726. The molecule has 7 heteroatoms. The molecule has 0 aliphatic carbocycles. The molecule has 23 heavy (non-hydrogen) atoms. The lowest BCUT2D eigenvalue weighted by Gasteiger charge is -2.31. The molecular weight excluding hydrogens is 314 g/mol. The van der Waals surface area contributed by atoms with Gasteiger partial charge in [0.05, 0.1) is 12.2 Å². The summed E-state index contributed by atoms with van der Waals surface area (Å²) >= 11 is 0. The molecule has 0 unspecified atom stereocenters. The van der Waals surface area contributed by atoms with Crippen molar-refractivity contribution in [2.45, 2.75) is 39.0 Å². The second-order valence-corrected chi connectivity index (χ2v) is 9.14. The molecule has 6 nitrogen and oxygen atoms in total. The van der Waals surface area contributed by atoms with Gasteiger partial charge in [-0.05, 0) is 51.1 Å². The van der Waals surface area contributed by atoms with E-state index in [0.717, 1.165) is 31.7 Å². The average Bonchev–Trinajstić information content (AvgIpc) is 2.51. The van der Waals surface area contributed by atoms with Gasteiger partial charge in [0, 0.05) is 26.2 Å². The van der Waals surface area contributed by atoms with Crippen LogP contribution in [0.1, 0.15) is 39.0 Å². The van der Waals surface area contributed by atoms with E-state index in [1.807, 2.05) is 0 Å². The van der Waals surface area contributed by atoms with E-state index >= 15 is 0 Å². The molecule has 0 bridgehead atoms. The molecule has 2 atom stereocenters. The largest absolute Gasteiger partial charge is 0.356 e. The fourth-order valence-electron chi connectivity index (χ4n) is 3.61. The molecule has 1 N–H and O–H groups in total. The van der Waals surface area contributed by atoms with Gasteiger partial charge in [-0.3, -0.25) is 4.79 Å². The van der Waals surface area contributed by atoms with Gasteiger partial charge in [-0.15, -0.1) is 0 Å². The van der Waals surface area contributed by atoms with Crippen molar-refractivity contribution in [3.63, 3.8) is 0 Å². The lowest BCUT2D eigenvalue weighted by Crippen LogP contribution is -2.45. The molecule has 2 saturated heterocycles. The summed E-state index contributed by atoms with van der Waals surface area (Å²) in [4.78, 5) is 14.7. The first-order valence-electron chi connectivity index (χ1n) is 8.81. The highest BCUT2D eigenvalue weighted by Gasteiger charge is 2.29. The highest BCUT2D eigenvalue weighted by molar-refractivity contribution is 7.88. The number of nitrogens with one attached hydrogen (secondary N) is 1. The third kappa shape index (κ3) is 6.04. The predicted molar refractivity (Wildman–Crippen MR) is 91.6 cm³/mol. The van der Waals surface area contributed by atoms with Crippen LogP contribution in [-0.2, 0) is 14.8 Å². The number of sulfonamides is 1. The Morgan fingerprint density at radius 3 is 2.61 bits per heavy atom. The number of likely N-dealkylation sites (tertiary alicyclic amines) is 1. The van der Waals surface area contributed by atoms with Gasteiger partial charge in [0.2, 0.25) is 15.9 Å². The van der Waals surface area contributed by atoms with Gasteiger partial charge >= 0.3 is 0 Å². The van der Waals surface area contributed by atoms with Crippen LogP contribution in [0.15, 0.2) is 0 Å². The smallest absolute Gasteiger partial charge is 0.224 e. The Hall–Kier alpha value is -0.660. The minimum atomic E-state index is -3.19. The van der Waals surface area contributed by atoms with E-state index < -0.39 is 10.0 Å². The third-order valence-electron chi connectivity index (χ3n) is 4.92. The molecule has 2 fully saturated rings. The number of hydrogen-bond acceptors (Lipinski definition) is 4. The molecular formula is C16H31N3O3S. The van der Waals surface area contributed by atoms with Crippen LogP contribution in [0.3, 0.4) is 0 Å². The first-order chi connectivity index (χ1) is 10.9. The van der Waals surface area contributed by atoms with Crippen molar-refractivity contribution in [2.75, 3.05) is 45.5 Å². The van der Waals surface area contributed by atoms with E-state index in [4.69, 9.17) is 0 Å². The van der Waals surface area contributed by atoms with E-state index in [2.05, 4.69) is 17.1 Å². The summed E-state index contributed by atoms with van der Waals surface area (Å²) in [6.45, 7) is 7.21. The Morgan fingerprint density at radius 2 is 1.91 bits per heavy atom. The molecule has 1 amide bonds. The van der Waals surface area contributed by atoms with E-state index in [0.29, 0.717) is 19.6 Å². The van der Waals surface area contributed by atoms with Crippen molar-refractivity contribution in [3.05, 3.63) is 0 Å². The van der Waals surface area contributed by atoms with Gasteiger partial charge in [0.15, 0.2) is 0 Å². The van der Waals surface area contributed by atoms with E-state index in [1.165, 1.54) is 36.5 Å². The molecule has 0 spiro atoms. The minimum absolute atomic E-state index is 0.00497. The van der Waals surface area contributed by atoms with E-state index in [1.54, 1.807) is 0 Å². The van der Waals surface area contributed by atoms with Crippen molar-refractivity contribution in [3.8, 4) is 0 Å². The summed E-state index contributed by atoms with van der Waals surface area (Å²) in [5.74, 6) is 0.585. The maximum atomic E-state index is 12.2. The third-order valence-corrected chi connectivity index (χ3v) is 6.19. The second kappa shape index (κ2) is 8.44. The van der Waals surface area contributed by atoms with Gasteiger partial charge in [0.25, 0.3) is 0 Å². The summed E-state index contributed by atoms with van der Waals surface area (Å²) in [7, 11) is -3.19. The van der Waals surface area contributed by atoms with Gasteiger partial charge in [-0.25, -0.2) is 12.7 Å². The fourth-order valence-corrected chi connectivity index (χ4v) is 4.52. The molecule has 2 heterocycles. The van der Waals surface area contributed by atoms with Crippen LogP contribution >= 0.6 is 0 Å². The van der Waals surface area contributed by atoms with Crippen molar-refractivity contribution in [1.82, 2.24) is 14.5 Å². The molecule has 0 radical (unpaired) electrons. The molecule has 0 aromatic rings. The Balaban J connectivity index is 1.66. The number of amides is 1. The van der Waals surface area contributed by atoms with Crippen LogP contribution < -0.4 is 5.32 Å². The summed E-state index contributed by atoms with van der Waals surface area (Å²) in [6.07, 6.45) is 6.31. The van der Waals surface area contributed by atoms with E-state index in [9.17, 15) is 13.2 Å². The zero-order valence-corrected chi connectivity index (χ0v) is 15.3. The summed E-state index contributed by atoms with van der Waals surface area (Å²) in [5.41, 5.74) is 0. The summed E-state index contributed by atoms with van der Waals surface area (Å²) in [6, 6.07) is 0. The Kier molecular flexibility index (Phi) is 6.85. The Bertz CT molecular complexity index is 495. The molecule has 134 valence electrons. The molecule has 2 aliphatic rings. The lowest BCUT2D eigenvalue weighted by atomic mass is 9.99. The fraction of sp³-hybridized carbons (Fsp3) is 0.938. The summed E-state index contributed by atoms with van der Waals surface area (Å²) in [5, 5.41) is 2.99. The topological polar surface area (TPSA) is 69.7 Å². The van der Waals surface area contributed by atoms with Crippen molar-refractivity contribution in [2.24, 2.45) is 11.8 Å². The lowest BCUT2D eigenvalue weighted by molar-refractivity contribution is -0.126. The molecule has 0 aromatic carbocycles. The average molecular weight is 346 g/mol. The number of hydrogen-bond donors (Lipinski definition) is 1. The number of carbonyl (C=O) groups excluding carboxylic acids is 1. The molecule has 0 saturated carbocycles. The van der Waals surface area contributed by atoms with Crippen LogP contribution in [0.4, 0.5) is 0 Å². The first kappa shape index (κ1) is 18.7. The van der Waals surface area contributed by atoms with Gasteiger partial charge in [-0.1, -0.05) is 6.92 Å². The number of piperidine rings is 2. The minimum Gasteiger partial charge on any atom is -0.356 e. The van der Waals surface area contributed by atoms with E-state index in [-0.39, 0.29) is 11.8 Å². The zero-order chi connectivity index (χ0) is 16.9. The van der Waals surface area contributed by atoms with Crippen LogP contribution in [-0.4, -0.2) is 69.1 Å². The van der Waals surface area contributed by atoms with Crippen molar-refractivity contribution in [1.29, 1.82) is 0 Å². The maximum absolute atomic E-state index is 12.2. The van der Waals surface area contributed by atoms with Crippen molar-refractivity contribution < 1.29 is 13.2 Å². The van der Waals surface area contributed by atoms with Crippen LogP contribution in [0.2, 0.25) is 0 Å². The second-order valence-electron chi connectivity index (χ2n) is 7.15. The standard InChI is InChI=1S/C16H31N3O3S/c1-14-6-3-9-18(12-14)10-5-8-17-16(20)15-7-4-11-19(13-15)23(2,21)22/h14-15H,3-13H2,1-2H3,(H,17,20)/t14-,15+/m0/s1. The molecule has 0 aromatic heterocycles. The normalized spacial score (nSPS) is 27.7. The number of rotatable bonds is 6. The number of nitrogens with zero attached hydrogens (tertiary/aromatic N) is 2. The predicted octanol–water partition coefficient (Wildman–Crippen LogP) is 0.896. The monoisotopic (exact) mass is 345 g/mol. The molecule has 2 aliphatic heterocycles. The van der Waals surface area contributed by atoms with Gasteiger partial charge in [-0.2, -0.15) is 0 Å². The SMILES string of the molecule is C[C@H]1CCCN(CCCNC(=O)[C@@H]2CCCN(S(C)(=O)=O)C2)C1. The van der Waals surface area contributed by atoms with Crippen molar-refractivity contribution >= 4 is 15.9 Å². The van der Waals surface area contributed by atoms with Crippen LogP contribution in [0.25, 0.3) is 0 Å². The maximum Gasteiger partial charge on any atom is 0.224 e. The Labute approximate surface area is 140 Å². The van der Waals surface area contributed by atoms with Gasteiger partial charge in [0.1, 0.15) is 0 Å². The Morgan fingerprint density at radius 1 is 1.17 bits per heavy atom.